The molecular weight excluding hydrogens is 214 g/mol. The van der Waals surface area contributed by atoms with E-state index in [4.69, 9.17) is 0 Å². The number of carbonyl (C=O) groups is 1. The number of aliphatic hydroxyl groups is 1. The highest BCUT2D eigenvalue weighted by Gasteiger charge is 2.26. The first-order valence-electron chi connectivity index (χ1n) is 6.86. The summed E-state index contributed by atoms with van der Waals surface area (Å²) in [5, 5.41) is 9.82. The highest BCUT2D eigenvalue weighted by Crippen LogP contribution is 2.18. The number of amides is 1. The predicted octanol–water partition coefficient (Wildman–Crippen LogP) is 2.82. The zero-order valence-electron chi connectivity index (χ0n) is 12.1. The van der Waals surface area contributed by atoms with Crippen molar-refractivity contribution in [3.63, 3.8) is 0 Å². The van der Waals surface area contributed by atoms with Crippen LogP contribution in [0.4, 0.5) is 0 Å². The van der Waals surface area contributed by atoms with E-state index in [2.05, 4.69) is 13.8 Å². The zero-order valence-corrected chi connectivity index (χ0v) is 12.1. The quantitative estimate of drug-likeness (QED) is 0.712. The predicted molar refractivity (Wildman–Crippen MR) is 71.9 cm³/mol. The lowest BCUT2D eigenvalue weighted by Gasteiger charge is -2.31. The summed E-state index contributed by atoms with van der Waals surface area (Å²) in [6.45, 7) is 10.8. The van der Waals surface area contributed by atoms with Crippen LogP contribution in [0.25, 0.3) is 0 Å². The molecule has 3 heteroatoms. The van der Waals surface area contributed by atoms with Crippen LogP contribution >= 0.6 is 0 Å². The molecule has 3 nitrogen and oxygen atoms in total. The Morgan fingerprint density at radius 1 is 1.18 bits per heavy atom. The monoisotopic (exact) mass is 243 g/mol. The van der Waals surface area contributed by atoms with E-state index < -0.39 is 5.60 Å². The smallest absolute Gasteiger partial charge is 0.225 e. The van der Waals surface area contributed by atoms with Crippen LogP contribution in [0.5, 0.6) is 0 Å². The molecule has 0 aliphatic carbocycles. The van der Waals surface area contributed by atoms with Crippen molar-refractivity contribution < 1.29 is 9.90 Å². The van der Waals surface area contributed by atoms with Gasteiger partial charge in [0.1, 0.15) is 0 Å². The molecule has 0 atom stereocenters. The van der Waals surface area contributed by atoms with Gasteiger partial charge in [-0.15, -0.1) is 0 Å². The van der Waals surface area contributed by atoms with Crippen molar-refractivity contribution in [1.29, 1.82) is 0 Å². The standard InChI is InChI=1S/C14H29NO2/c1-6-9-12(10-7-2)13(16)15(8-3)11-14(4,5)17/h12,17H,6-11H2,1-5H3. The molecule has 0 unspecified atom stereocenters. The molecular formula is C14H29NO2. The van der Waals surface area contributed by atoms with E-state index in [-0.39, 0.29) is 11.8 Å². The maximum absolute atomic E-state index is 12.3. The Kier molecular flexibility index (Phi) is 7.44. The summed E-state index contributed by atoms with van der Waals surface area (Å²) in [6.07, 6.45) is 3.98. The molecule has 102 valence electrons. The van der Waals surface area contributed by atoms with Gasteiger partial charge >= 0.3 is 0 Å². The van der Waals surface area contributed by atoms with Gasteiger partial charge in [0, 0.05) is 19.0 Å². The second kappa shape index (κ2) is 7.70. The van der Waals surface area contributed by atoms with E-state index in [1.165, 1.54) is 0 Å². The van der Waals surface area contributed by atoms with Crippen LogP contribution in [0, 0.1) is 5.92 Å². The van der Waals surface area contributed by atoms with E-state index in [0.717, 1.165) is 25.7 Å². The van der Waals surface area contributed by atoms with Gasteiger partial charge in [-0.1, -0.05) is 26.7 Å². The number of rotatable bonds is 8. The zero-order chi connectivity index (χ0) is 13.5. The first-order chi connectivity index (χ1) is 7.85. The Morgan fingerprint density at radius 2 is 1.65 bits per heavy atom. The molecule has 0 spiro atoms. The molecule has 1 amide bonds. The van der Waals surface area contributed by atoms with Gasteiger partial charge in [0.25, 0.3) is 0 Å². The molecule has 0 saturated carbocycles. The molecule has 0 rings (SSSR count). The molecule has 0 aliphatic rings. The average molecular weight is 243 g/mol. The molecule has 0 aromatic rings. The minimum absolute atomic E-state index is 0.132. The minimum atomic E-state index is -0.811. The summed E-state index contributed by atoms with van der Waals surface area (Å²) in [6, 6.07) is 0. The SMILES string of the molecule is CCCC(CCC)C(=O)N(CC)CC(C)(C)O. The van der Waals surface area contributed by atoms with Crippen LogP contribution < -0.4 is 0 Å². The Hall–Kier alpha value is -0.570. The fourth-order valence-electron chi connectivity index (χ4n) is 2.16. The van der Waals surface area contributed by atoms with Crippen molar-refractivity contribution in [2.24, 2.45) is 5.92 Å². The van der Waals surface area contributed by atoms with Gasteiger partial charge in [-0.05, 0) is 33.6 Å². The summed E-state index contributed by atoms with van der Waals surface area (Å²) in [5.74, 6) is 0.339. The molecule has 0 saturated heterocycles. The van der Waals surface area contributed by atoms with Gasteiger partial charge in [0.2, 0.25) is 5.91 Å². The molecule has 0 radical (unpaired) electrons. The Bertz CT molecular complexity index is 215. The van der Waals surface area contributed by atoms with E-state index in [1.807, 2.05) is 6.92 Å². The fourth-order valence-corrected chi connectivity index (χ4v) is 2.16. The third kappa shape index (κ3) is 6.67. The number of likely N-dealkylation sites (N-methyl/N-ethyl adjacent to an activating group) is 1. The average Bonchev–Trinajstić information content (AvgIpc) is 2.23. The summed E-state index contributed by atoms with van der Waals surface area (Å²) in [5.41, 5.74) is -0.811. The van der Waals surface area contributed by atoms with Crippen molar-refractivity contribution in [2.75, 3.05) is 13.1 Å². The number of nitrogens with zero attached hydrogens (tertiary/aromatic N) is 1. The van der Waals surface area contributed by atoms with Gasteiger partial charge in [-0.25, -0.2) is 0 Å². The Morgan fingerprint density at radius 3 is 1.94 bits per heavy atom. The van der Waals surface area contributed by atoms with Crippen molar-refractivity contribution in [3.05, 3.63) is 0 Å². The van der Waals surface area contributed by atoms with Crippen molar-refractivity contribution in [3.8, 4) is 0 Å². The maximum Gasteiger partial charge on any atom is 0.225 e. The van der Waals surface area contributed by atoms with Crippen LogP contribution in [-0.4, -0.2) is 34.6 Å². The Balaban J connectivity index is 4.57. The normalized spacial score (nSPS) is 11.9. The van der Waals surface area contributed by atoms with Gasteiger partial charge in [0.05, 0.1) is 5.60 Å². The molecule has 0 fully saturated rings. The first kappa shape index (κ1) is 16.4. The fraction of sp³-hybridized carbons (Fsp3) is 0.929. The lowest BCUT2D eigenvalue weighted by molar-refractivity contribution is -0.138. The van der Waals surface area contributed by atoms with Gasteiger partial charge in [-0.2, -0.15) is 0 Å². The summed E-state index contributed by atoms with van der Waals surface area (Å²) in [4.78, 5) is 14.1. The highest BCUT2D eigenvalue weighted by molar-refractivity contribution is 5.78. The van der Waals surface area contributed by atoms with Crippen LogP contribution in [-0.2, 0) is 4.79 Å². The molecule has 0 aromatic carbocycles. The molecule has 0 aromatic heterocycles. The van der Waals surface area contributed by atoms with E-state index in [0.29, 0.717) is 13.1 Å². The van der Waals surface area contributed by atoms with Crippen molar-refractivity contribution in [1.82, 2.24) is 4.90 Å². The third-order valence-electron chi connectivity index (χ3n) is 2.89. The maximum atomic E-state index is 12.3. The molecule has 0 heterocycles. The van der Waals surface area contributed by atoms with Gasteiger partial charge < -0.3 is 10.0 Å². The topological polar surface area (TPSA) is 40.5 Å². The number of hydrogen-bond acceptors (Lipinski definition) is 2. The molecule has 0 bridgehead atoms. The van der Waals surface area contributed by atoms with E-state index >= 15 is 0 Å². The van der Waals surface area contributed by atoms with Crippen LogP contribution in [0.15, 0.2) is 0 Å². The van der Waals surface area contributed by atoms with E-state index in [9.17, 15) is 9.90 Å². The number of carbonyl (C=O) groups excluding carboxylic acids is 1. The van der Waals surface area contributed by atoms with Crippen molar-refractivity contribution >= 4 is 5.91 Å². The van der Waals surface area contributed by atoms with Crippen LogP contribution in [0.1, 0.15) is 60.3 Å². The number of hydrogen-bond donors (Lipinski definition) is 1. The highest BCUT2D eigenvalue weighted by atomic mass is 16.3. The van der Waals surface area contributed by atoms with E-state index in [1.54, 1.807) is 18.7 Å². The first-order valence-corrected chi connectivity index (χ1v) is 6.86. The second-order valence-corrected chi connectivity index (χ2v) is 5.44. The van der Waals surface area contributed by atoms with Gasteiger partial charge in [0.15, 0.2) is 0 Å². The van der Waals surface area contributed by atoms with Crippen LogP contribution in [0.3, 0.4) is 0 Å². The molecule has 17 heavy (non-hydrogen) atoms. The largest absolute Gasteiger partial charge is 0.389 e. The van der Waals surface area contributed by atoms with Gasteiger partial charge in [-0.3, -0.25) is 4.79 Å². The lowest BCUT2D eigenvalue weighted by Crippen LogP contribution is -2.44. The second-order valence-electron chi connectivity index (χ2n) is 5.44. The molecule has 0 aliphatic heterocycles. The lowest BCUT2D eigenvalue weighted by atomic mass is 9.96. The summed E-state index contributed by atoms with van der Waals surface area (Å²) in [7, 11) is 0. The molecule has 1 N–H and O–H groups in total. The summed E-state index contributed by atoms with van der Waals surface area (Å²) < 4.78 is 0. The third-order valence-corrected chi connectivity index (χ3v) is 2.89. The summed E-state index contributed by atoms with van der Waals surface area (Å²) >= 11 is 0. The van der Waals surface area contributed by atoms with Crippen molar-refractivity contribution in [2.45, 2.75) is 65.9 Å². The van der Waals surface area contributed by atoms with Crippen LogP contribution in [0.2, 0.25) is 0 Å². The minimum Gasteiger partial charge on any atom is -0.389 e. The Labute approximate surface area is 106 Å².